The lowest BCUT2D eigenvalue weighted by Crippen LogP contribution is -2.27. The van der Waals surface area contributed by atoms with Crippen LogP contribution in [0.3, 0.4) is 0 Å². The van der Waals surface area contributed by atoms with Crippen LogP contribution in [0.4, 0.5) is 11.4 Å². The van der Waals surface area contributed by atoms with Crippen molar-refractivity contribution in [2.75, 3.05) is 24.2 Å². The molecule has 1 saturated carbocycles. The first-order valence-corrected chi connectivity index (χ1v) is 7.60. The van der Waals surface area contributed by atoms with Gasteiger partial charge in [0.05, 0.1) is 11.2 Å². The molecule has 1 aromatic heterocycles. The van der Waals surface area contributed by atoms with Crippen LogP contribution in [0.1, 0.15) is 32.1 Å². The standard InChI is InChI=1S/C17H23N3/c1-20(12-13-6-3-2-4-7-13)16-10-9-15(18)17-14(16)8-5-11-19-17/h5,8-11,13H,2-4,6-7,12,18H2,1H3. The normalized spacial score (nSPS) is 16.4. The second-order valence-electron chi connectivity index (χ2n) is 5.96. The summed E-state index contributed by atoms with van der Waals surface area (Å²) in [6.07, 6.45) is 8.74. The second kappa shape index (κ2) is 5.70. The zero-order chi connectivity index (χ0) is 13.9. The van der Waals surface area contributed by atoms with E-state index in [9.17, 15) is 0 Å². The lowest BCUT2D eigenvalue weighted by molar-refractivity contribution is 0.362. The number of pyridine rings is 1. The fourth-order valence-corrected chi connectivity index (χ4v) is 3.37. The summed E-state index contributed by atoms with van der Waals surface area (Å²) in [5.41, 5.74) is 8.95. The van der Waals surface area contributed by atoms with E-state index in [1.165, 1.54) is 37.8 Å². The van der Waals surface area contributed by atoms with E-state index in [-0.39, 0.29) is 0 Å². The molecule has 1 aromatic carbocycles. The molecule has 1 aliphatic carbocycles. The van der Waals surface area contributed by atoms with E-state index in [0.29, 0.717) is 0 Å². The van der Waals surface area contributed by atoms with Crippen LogP contribution in [0.15, 0.2) is 30.5 Å². The molecule has 0 bridgehead atoms. The summed E-state index contributed by atoms with van der Waals surface area (Å²) in [6, 6.07) is 8.20. The van der Waals surface area contributed by atoms with E-state index in [4.69, 9.17) is 5.73 Å². The predicted octanol–water partition coefficient (Wildman–Crippen LogP) is 3.83. The molecule has 0 atom stereocenters. The van der Waals surface area contributed by atoms with E-state index >= 15 is 0 Å². The Hall–Kier alpha value is -1.77. The Labute approximate surface area is 120 Å². The summed E-state index contributed by atoms with van der Waals surface area (Å²) in [7, 11) is 2.19. The molecular weight excluding hydrogens is 246 g/mol. The number of anilines is 2. The quantitative estimate of drug-likeness (QED) is 0.861. The number of hydrogen-bond acceptors (Lipinski definition) is 3. The van der Waals surface area contributed by atoms with Gasteiger partial charge in [0.1, 0.15) is 0 Å². The van der Waals surface area contributed by atoms with E-state index < -0.39 is 0 Å². The van der Waals surface area contributed by atoms with E-state index in [1.54, 1.807) is 0 Å². The van der Waals surface area contributed by atoms with Crippen molar-refractivity contribution in [3.63, 3.8) is 0 Å². The Morgan fingerprint density at radius 1 is 1.20 bits per heavy atom. The van der Waals surface area contributed by atoms with Gasteiger partial charge in [-0.1, -0.05) is 19.3 Å². The average molecular weight is 269 g/mol. The molecule has 0 amide bonds. The second-order valence-corrected chi connectivity index (χ2v) is 5.96. The topological polar surface area (TPSA) is 42.1 Å². The van der Waals surface area contributed by atoms with Crippen LogP contribution >= 0.6 is 0 Å². The molecule has 20 heavy (non-hydrogen) atoms. The highest BCUT2D eigenvalue weighted by molar-refractivity contribution is 5.98. The first-order valence-electron chi connectivity index (χ1n) is 7.60. The summed E-state index contributed by atoms with van der Waals surface area (Å²) >= 11 is 0. The van der Waals surface area contributed by atoms with Gasteiger partial charge in [0, 0.05) is 30.9 Å². The number of hydrogen-bond donors (Lipinski definition) is 1. The zero-order valence-electron chi connectivity index (χ0n) is 12.2. The molecule has 1 heterocycles. The molecule has 2 aromatic rings. The number of benzene rings is 1. The largest absolute Gasteiger partial charge is 0.397 e. The van der Waals surface area contributed by atoms with Crippen molar-refractivity contribution in [1.29, 1.82) is 0 Å². The molecule has 106 valence electrons. The fraction of sp³-hybridized carbons (Fsp3) is 0.471. The Morgan fingerprint density at radius 2 is 2.00 bits per heavy atom. The van der Waals surface area contributed by atoms with Gasteiger partial charge < -0.3 is 10.6 Å². The van der Waals surface area contributed by atoms with Crippen molar-refractivity contribution in [3.05, 3.63) is 30.5 Å². The average Bonchev–Trinajstić information content (AvgIpc) is 2.49. The van der Waals surface area contributed by atoms with E-state index in [0.717, 1.165) is 29.1 Å². The number of nitrogens with two attached hydrogens (primary N) is 1. The summed E-state index contributed by atoms with van der Waals surface area (Å²) in [5, 5.41) is 1.16. The van der Waals surface area contributed by atoms with E-state index in [1.807, 2.05) is 18.3 Å². The zero-order valence-corrected chi connectivity index (χ0v) is 12.2. The number of fused-ring (bicyclic) bond motifs is 1. The van der Waals surface area contributed by atoms with Gasteiger partial charge in [-0.15, -0.1) is 0 Å². The molecule has 3 heteroatoms. The summed E-state index contributed by atoms with van der Waals surface area (Å²) < 4.78 is 0. The van der Waals surface area contributed by atoms with Crippen LogP contribution in [0.2, 0.25) is 0 Å². The van der Waals surface area contributed by atoms with Gasteiger partial charge in [-0.2, -0.15) is 0 Å². The maximum Gasteiger partial charge on any atom is 0.0951 e. The molecule has 0 unspecified atom stereocenters. The van der Waals surface area contributed by atoms with Gasteiger partial charge in [-0.3, -0.25) is 4.98 Å². The molecule has 2 N–H and O–H groups in total. The van der Waals surface area contributed by atoms with Crippen molar-refractivity contribution in [2.45, 2.75) is 32.1 Å². The van der Waals surface area contributed by atoms with Crippen LogP contribution in [0.5, 0.6) is 0 Å². The highest BCUT2D eigenvalue weighted by Crippen LogP contribution is 2.31. The maximum atomic E-state index is 6.03. The molecule has 0 radical (unpaired) electrons. The molecule has 0 spiro atoms. The third kappa shape index (κ3) is 2.58. The van der Waals surface area contributed by atoms with Crippen molar-refractivity contribution in [2.24, 2.45) is 5.92 Å². The lowest BCUT2D eigenvalue weighted by Gasteiger charge is -2.29. The van der Waals surface area contributed by atoms with Gasteiger partial charge in [0.2, 0.25) is 0 Å². The van der Waals surface area contributed by atoms with Crippen LogP contribution < -0.4 is 10.6 Å². The summed E-state index contributed by atoms with van der Waals surface area (Å²) in [5.74, 6) is 0.832. The van der Waals surface area contributed by atoms with Crippen LogP contribution in [0, 0.1) is 5.92 Å². The Kier molecular flexibility index (Phi) is 3.77. The number of nitrogen functional groups attached to an aromatic ring is 1. The van der Waals surface area contributed by atoms with Crippen molar-refractivity contribution in [3.8, 4) is 0 Å². The third-order valence-corrected chi connectivity index (χ3v) is 4.45. The molecule has 0 saturated heterocycles. The smallest absolute Gasteiger partial charge is 0.0951 e. The molecule has 3 nitrogen and oxygen atoms in total. The van der Waals surface area contributed by atoms with Crippen LogP contribution in [-0.4, -0.2) is 18.6 Å². The Morgan fingerprint density at radius 3 is 2.80 bits per heavy atom. The molecule has 1 aliphatic rings. The highest BCUT2D eigenvalue weighted by atomic mass is 15.1. The highest BCUT2D eigenvalue weighted by Gasteiger charge is 2.17. The number of rotatable bonds is 3. The number of nitrogens with zero attached hydrogens (tertiary/aromatic N) is 2. The van der Waals surface area contributed by atoms with E-state index in [2.05, 4.69) is 29.1 Å². The van der Waals surface area contributed by atoms with Gasteiger partial charge in [-0.05, 0) is 43.0 Å². The maximum absolute atomic E-state index is 6.03. The molecule has 1 fully saturated rings. The predicted molar refractivity (Wildman–Crippen MR) is 86.0 cm³/mol. The minimum absolute atomic E-state index is 0.760. The van der Waals surface area contributed by atoms with Gasteiger partial charge in [-0.25, -0.2) is 0 Å². The lowest BCUT2D eigenvalue weighted by atomic mass is 9.89. The monoisotopic (exact) mass is 269 g/mol. The molecular formula is C17H23N3. The Bertz CT molecular complexity index is 588. The first kappa shape index (κ1) is 13.2. The van der Waals surface area contributed by atoms with Gasteiger partial charge >= 0.3 is 0 Å². The SMILES string of the molecule is CN(CC1CCCCC1)c1ccc(N)c2ncccc12. The van der Waals surface area contributed by atoms with Gasteiger partial charge in [0.25, 0.3) is 0 Å². The Balaban J connectivity index is 1.87. The third-order valence-electron chi connectivity index (χ3n) is 4.45. The van der Waals surface area contributed by atoms with Crippen molar-refractivity contribution < 1.29 is 0 Å². The van der Waals surface area contributed by atoms with Crippen LogP contribution in [-0.2, 0) is 0 Å². The van der Waals surface area contributed by atoms with Gasteiger partial charge in [0.15, 0.2) is 0 Å². The fourth-order valence-electron chi connectivity index (χ4n) is 3.37. The number of aromatic nitrogens is 1. The minimum atomic E-state index is 0.760. The van der Waals surface area contributed by atoms with Crippen molar-refractivity contribution >= 4 is 22.3 Å². The molecule has 3 rings (SSSR count). The van der Waals surface area contributed by atoms with Crippen LogP contribution in [0.25, 0.3) is 10.9 Å². The van der Waals surface area contributed by atoms with Crippen molar-refractivity contribution in [1.82, 2.24) is 4.98 Å². The summed E-state index contributed by atoms with van der Waals surface area (Å²) in [4.78, 5) is 6.79. The molecule has 0 aliphatic heterocycles. The first-order chi connectivity index (χ1) is 9.75. The minimum Gasteiger partial charge on any atom is -0.397 e. The summed E-state index contributed by atoms with van der Waals surface area (Å²) in [6.45, 7) is 1.13.